The van der Waals surface area contributed by atoms with E-state index in [1.165, 1.54) is 9.13 Å². The maximum atomic E-state index is 5.35. The van der Waals surface area contributed by atoms with Gasteiger partial charge in [0.25, 0.3) is 0 Å². The van der Waals surface area contributed by atoms with Crippen LogP contribution in [-0.2, 0) is 6.42 Å². The van der Waals surface area contributed by atoms with Gasteiger partial charge in [0.15, 0.2) is 0 Å². The second kappa shape index (κ2) is 2.42. The minimum Gasteiger partial charge on any atom is -0.493 e. The number of benzene rings is 1. The highest BCUT2D eigenvalue weighted by atomic mass is 127. The molecule has 0 radical (unpaired) electrons. The van der Waals surface area contributed by atoms with Crippen molar-refractivity contribution in [1.82, 2.24) is 0 Å². The fraction of sp³-hybridized carbons (Fsp3) is 0.250. The summed E-state index contributed by atoms with van der Waals surface area (Å²) >= 11 is 2.32. The Morgan fingerprint density at radius 3 is 3.20 bits per heavy atom. The topological polar surface area (TPSA) is 9.23 Å². The van der Waals surface area contributed by atoms with E-state index in [1.54, 1.807) is 0 Å². The van der Waals surface area contributed by atoms with Crippen LogP contribution in [0.15, 0.2) is 18.2 Å². The summed E-state index contributed by atoms with van der Waals surface area (Å²) in [6.07, 6.45) is 1.08. The third-order valence-electron chi connectivity index (χ3n) is 1.65. The molecule has 52 valence electrons. The molecule has 2 heteroatoms. The van der Waals surface area contributed by atoms with Crippen LogP contribution < -0.4 is 4.74 Å². The predicted molar refractivity (Wildman–Crippen MR) is 48.4 cm³/mol. The van der Waals surface area contributed by atoms with Crippen LogP contribution in [0.2, 0.25) is 0 Å². The Morgan fingerprint density at radius 2 is 2.30 bits per heavy atom. The molecule has 1 heterocycles. The van der Waals surface area contributed by atoms with Crippen molar-refractivity contribution in [3.05, 3.63) is 27.3 Å². The summed E-state index contributed by atoms with van der Waals surface area (Å²) in [4.78, 5) is 0. The highest BCUT2D eigenvalue weighted by Gasteiger charge is 2.10. The number of ether oxygens (including phenoxy) is 1. The van der Waals surface area contributed by atoms with E-state index in [2.05, 4.69) is 34.7 Å². The molecular weight excluding hydrogens is 239 g/mol. The van der Waals surface area contributed by atoms with Crippen LogP contribution in [0.5, 0.6) is 5.75 Å². The first-order chi connectivity index (χ1) is 4.86. The molecule has 1 aliphatic heterocycles. The van der Waals surface area contributed by atoms with Crippen LogP contribution in [0.3, 0.4) is 0 Å². The van der Waals surface area contributed by atoms with Crippen molar-refractivity contribution in [2.75, 3.05) is 6.61 Å². The van der Waals surface area contributed by atoms with Crippen molar-refractivity contribution in [1.29, 1.82) is 0 Å². The summed E-state index contributed by atoms with van der Waals surface area (Å²) in [6.45, 7) is 0.857. The first kappa shape index (κ1) is 6.46. The zero-order valence-electron chi connectivity index (χ0n) is 5.43. The number of hydrogen-bond acceptors (Lipinski definition) is 1. The highest BCUT2D eigenvalue weighted by molar-refractivity contribution is 14.1. The fourth-order valence-corrected chi connectivity index (χ4v) is 1.71. The molecule has 1 nitrogen and oxygen atoms in total. The fourth-order valence-electron chi connectivity index (χ4n) is 1.16. The number of hydrogen-bond donors (Lipinski definition) is 0. The van der Waals surface area contributed by atoms with Crippen molar-refractivity contribution >= 4 is 22.6 Å². The molecular formula is C8H7IO. The van der Waals surface area contributed by atoms with Crippen LogP contribution in [0, 0.1) is 3.57 Å². The van der Waals surface area contributed by atoms with E-state index in [1.807, 2.05) is 6.07 Å². The molecule has 1 aromatic carbocycles. The molecule has 1 aromatic rings. The van der Waals surface area contributed by atoms with E-state index in [9.17, 15) is 0 Å². The molecule has 10 heavy (non-hydrogen) atoms. The van der Waals surface area contributed by atoms with Gasteiger partial charge >= 0.3 is 0 Å². The lowest BCUT2D eigenvalue weighted by Gasteiger charge is -1.96. The lowest BCUT2D eigenvalue weighted by Crippen LogP contribution is -1.85. The van der Waals surface area contributed by atoms with Gasteiger partial charge in [0.1, 0.15) is 5.75 Å². The van der Waals surface area contributed by atoms with Crippen molar-refractivity contribution in [2.45, 2.75) is 6.42 Å². The van der Waals surface area contributed by atoms with Gasteiger partial charge in [-0.2, -0.15) is 0 Å². The molecule has 0 spiro atoms. The average Bonchev–Trinajstić information content (AvgIpc) is 2.33. The number of fused-ring (bicyclic) bond motifs is 1. The number of rotatable bonds is 0. The summed E-state index contributed by atoms with van der Waals surface area (Å²) in [7, 11) is 0. The van der Waals surface area contributed by atoms with E-state index in [4.69, 9.17) is 4.74 Å². The van der Waals surface area contributed by atoms with Gasteiger partial charge in [-0.15, -0.1) is 0 Å². The van der Waals surface area contributed by atoms with Crippen molar-refractivity contribution in [3.63, 3.8) is 0 Å². The van der Waals surface area contributed by atoms with Crippen molar-refractivity contribution in [3.8, 4) is 5.75 Å². The standard InChI is InChI=1S/C8H7IO/c9-7-1-2-8-6(5-7)3-4-10-8/h1-2,5H,3-4H2. The zero-order chi connectivity index (χ0) is 6.97. The van der Waals surface area contributed by atoms with Crippen LogP contribution in [0.25, 0.3) is 0 Å². The van der Waals surface area contributed by atoms with Gasteiger partial charge in [-0.3, -0.25) is 0 Å². The van der Waals surface area contributed by atoms with Gasteiger partial charge < -0.3 is 4.74 Å². The molecule has 0 unspecified atom stereocenters. The molecule has 0 saturated carbocycles. The molecule has 0 aromatic heterocycles. The van der Waals surface area contributed by atoms with Crippen molar-refractivity contribution < 1.29 is 4.74 Å². The largest absolute Gasteiger partial charge is 0.493 e. The van der Waals surface area contributed by atoms with Gasteiger partial charge in [0, 0.05) is 9.99 Å². The Hall–Kier alpha value is -0.250. The smallest absolute Gasteiger partial charge is 0.122 e. The van der Waals surface area contributed by atoms with E-state index in [-0.39, 0.29) is 0 Å². The summed E-state index contributed by atoms with van der Waals surface area (Å²) in [5, 5.41) is 0. The average molecular weight is 246 g/mol. The molecule has 0 N–H and O–H groups in total. The summed E-state index contributed by atoms with van der Waals surface area (Å²) in [5.41, 5.74) is 1.35. The molecule has 0 bridgehead atoms. The Bertz CT molecular complexity index is 257. The highest BCUT2D eigenvalue weighted by Crippen LogP contribution is 2.26. The first-order valence-corrected chi connectivity index (χ1v) is 4.35. The van der Waals surface area contributed by atoms with Crippen LogP contribution in [0.4, 0.5) is 0 Å². The quantitative estimate of drug-likeness (QED) is 0.638. The minimum atomic E-state index is 0.857. The molecule has 0 saturated heterocycles. The lowest BCUT2D eigenvalue weighted by atomic mass is 10.2. The zero-order valence-corrected chi connectivity index (χ0v) is 7.59. The Morgan fingerprint density at radius 1 is 1.40 bits per heavy atom. The molecule has 1 aliphatic rings. The van der Waals surface area contributed by atoms with E-state index >= 15 is 0 Å². The van der Waals surface area contributed by atoms with Gasteiger partial charge in [0.05, 0.1) is 6.61 Å². The van der Waals surface area contributed by atoms with Crippen LogP contribution in [-0.4, -0.2) is 6.61 Å². The minimum absolute atomic E-state index is 0.857. The molecule has 0 atom stereocenters. The summed E-state index contributed by atoms with van der Waals surface area (Å²) in [6, 6.07) is 6.30. The first-order valence-electron chi connectivity index (χ1n) is 3.27. The van der Waals surface area contributed by atoms with Crippen LogP contribution in [0.1, 0.15) is 5.56 Å². The third-order valence-corrected chi connectivity index (χ3v) is 2.32. The maximum absolute atomic E-state index is 5.35. The second-order valence-corrected chi connectivity index (χ2v) is 3.60. The SMILES string of the molecule is Ic1ccc2c(c1)CCO2. The predicted octanol–water partition coefficient (Wildman–Crippen LogP) is 2.23. The van der Waals surface area contributed by atoms with Crippen LogP contribution >= 0.6 is 22.6 Å². The summed E-state index contributed by atoms with van der Waals surface area (Å²) in [5.74, 6) is 1.07. The second-order valence-electron chi connectivity index (χ2n) is 2.35. The van der Waals surface area contributed by atoms with E-state index in [0.717, 1.165) is 18.8 Å². The van der Waals surface area contributed by atoms with Gasteiger partial charge in [-0.25, -0.2) is 0 Å². The normalized spacial score (nSPS) is 14.5. The monoisotopic (exact) mass is 246 g/mol. The molecule has 0 amide bonds. The summed E-state index contributed by atoms with van der Waals surface area (Å²) < 4.78 is 6.64. The molecule has 0 fully saturated rings. The van der Waals surface area contributed by atoms with E-state index in [0.29, 0.717) is 0 Å². The number of halogens is 1. The van der Waals surface area contributed by atoms with Gasteiger partial charge in [0.2, 0.25) is 0 Å². The molecule has 2 rings (SSSR count). The Kier molecular flexibility index (Phi) is 1.56. The Labute approximate surface area is 73.5 Å². The third kappa shape index (κ3) is 1.00. The lowest BCUT2D eigenvalue weighted by molar-refractivity contribution is 0.357. The Balaban J connectivity index is 2.52. The molecule has 0 aliphatic carbocycles. The van der Waals surface area contributed by atoms with Gasteiger partial charge in [-0.05, 0) is 46.4 Å². The van der Waals surface area contributed by atoms with Gasteiger partial charge in [-0.1, -0.05) is 0 Å². The van der Waals surface area contributed by atoms with Crippen molar-refractivity contribution in [2.24, 2.45) is 0 Å². The maximum Gasteiger partial charge on any atom is 0.122 e. The van der Waals surface area contributed by atoms with E-state index < -0.39 is 0 Å².